The van der Waals surface area contributed by atoms with E-state index in [2.05, 4.69) is 29.2 Å². The van der Waals surface area contributed by atoms with Crippen LogP contribution in [0.1, 0.15) is 18.4 Å². The van der Waals surface area contributed by atoms with Crippen LogP contribution in [0.4, 0.5) is 0 Å². The fourth-order valence-electron chi connectivity index (χ4n) is 3.59. The molecule has 2 heterocycles. The van der Waals surface area contributed by atoms with E-state index in [0.29, 0.717) is 25.3 Å². The number of carbonyl (C=O) groups is 1. The molecule has 5 heteroatoms. The summed E-state index contributed by atoms with van der Waals surface area (Å²) in [5.74, 6) is 0.120. The van der Waals surface area contributed by atoms with Gasteiger partial charge in [0.1, 0.15) is 0 Å². The zero-order valence-electron chi connectivity index (χ0n) is 13.3. The Labute approximate surface area is 131 Å². The Morgan fingerprint density at radius 3 is 2.50 bits per heavy atom. The fraction of sp³-hybridized carbons (Fsp3) is 0.588. The van der Waals surface area contributed by atoms with Gasteiger partial charge in [0.25, 0.3) is 0 Å². The van der Waals surface area contributed by atoms with Gasteiger partial charge in [-0.1, -0.05) is 30.3 Å². The average Bonchev–Trinajstić information content (AvgIpc) is 2.54. The molecular formula is C17H24N2O3. The van der Waals surface area contributed by atoms with Gasteiger partial charge in [0.2, 0.25) is 5.91 Å². The molecule has 2 saturated heterocycles. The smallest absolute Gasteiger partial charge is 0.249 e. The highest BCUT2D eigenvalue weighted by Crippen LogP contribution is 2.33. The summed E-state index contributed by atoms with van der Waals surface area (Å²) in [6, 6.07) is 11.1. The third kappa shape index (κ3) is 3.16. The van der Waals surface area contributed by atoms with Crippen LogP contribution in [0.3, 0.4) is 0 Å². The van der Waals surface area contributed by atoms with Gasteiger partial charge in [0.15, 0.2) is 0 Å². The molecule has 2 bridgehead atoms. The lowest BCUT2D eigenvalue weighted by Gasteiger charge is -2.48. The number of carbonyl (C=O) groups excluding carboxylic acids is 1. The van der Waals surface area contributed by atoms with Gasteiger partial charge in [0.05, 0.1) is 20.3 Å². The van der Waals surface area contributed by atoms with Crippen LogP contribution in [0, 0.1) is 5.92 Å². The second kappa shape index (κ2) is 6.77. The number of piperidine rings is 1. The Morgan fingerprint density at radius 2 is 1.91 bits per heavy atom. The van der Waals surface area contributed by atoms with Gasteiger partial charge in [-0.05, 0) is 18.4 Å². The summed E-state index contributed by atoms with van der Waals surface area (Å²) in [7, 11) is 3.22. The number of ether oxygens (including phenoxy) is 1. The van der Waals surface area contributed by atoms with Crippen LogP contribution < -0.4 is 0 Å². The van der Waals surface area contributed by atoms with E-state index in [0.717, 1.165) is 19.4 Å². The summed E-state index contributed by atoms with van der Waals surface area (Å²) in [4.78, 5) is 19.9. The summed E-state index contributed by atoms with van der Waals surface area (Å²) in [5.41, 5.74) is 1.32. The lowest BCUT2D eigenvalue weighted by Crippen LogP contribution is -2.58. The Morgan fingerprint density at radius 1 is 1.27 bits per heavy atom. The van der Waals surface area contributed by atoms with Crippen molar-refractivity contribution in [3.63, 3.8) is 0 Å². The number of amides is 1. The molecule has 5 nitrogen and oxygen atoms in total. The zero-order valence-corrected chi connectivity index (χ0v) is 13.3. The van der Waals surface area contributed by atoms with Crippen LogP contribution in [0.25, 0.3) is 0 Å². The fourth-order valence-corrected chi connectivity index (χ4v) is 3.59. The number of rotatable bonds is 4. The van der Waals surface area contributed by atoms with E-state index in [1.165, 1.54) is 17.7 Å². The van der Waals surface area contributed by atoms with Crippen molar-refractivity contribution in [2.45, 2.75) is 31.5 Å². The van der Waals surface area contributed by atoms with Gasteiger partial charge >= 0.3 is 0 Å². The van der Waals surface area contributed by atoms with Gasteiger partial charge in [0, 0.05) is 31.6 Å². The van der Waals surface area contributed by atoms with Crippen LogP contribution in [0.2, 0.25) is 0 Å². The number of nitrogens with zero attached hydrogens (tertiary/aromatic N) is 2. The van der Waals surface area contributed by atoms with E-state index >= 15 is 0 Å². The average molecular weight is 304 g/mol. The summed E-state index contributed by atoms with van der Waals surface area (Å²) in [6.45, 7) is 2.36. The maximum absolute atomic E-state index is 12.4. The van der Waals surface area contributed by atoms with E-state index in [1.807, 2.05) is 6.07 Å². The Bertz CT molecular complexity index is 494. The lowest BCUT2D eigenvalue weighted by molar-refractivity contribution is -0.180. The number of morpholine rings is 1. The molecule has 3 rings (SSSR count). The number of hydrogen-bond acceptors (Lipinski definition) is 4. The zero-order chi connectivity index (χ0) is 15.5. The molecule has 2 aliphatic rings. The Kier molecular flexibility index (Phi) is 4.76. The minimum absolute atomic E-state index is 0.0378. The minimum atomic E-state index is 0.0378. The Hall–Kier alpha value is -1.43. The standard InChI is InChI=1S/C17H24N2O3/c1-18(21-2)17(20)14-8-15-11-22-12-16(9-14)19(15)10-13-6-4-3-5-7-13/h3-7,14-16H,8-12H2,1-2H3. The van der Waals surface area contributed by atoms with E-state index in [-0.39, 0.29) is 11.8 Å². The van der Waals surface area contributed by atoms with Crippen molar-refractivity contribution < 1.29 is 14.4 Å². The van der Waals surface area contributed by atoms with Crippen molar-refractivity contribution in [3.8, 4) is 0 Å². The molecule has 0 saturated carbocycles. The monoisotopic (exact) mass is 304 g/mol. The molecule has 0 N–H and O–H groups in total. The highest BCUT2D eigenvalue weighted by molar-refractivity contribution is 5.77. The summed E-state index contributed by atoms with van der Waals surface area (Å²) in [6.07, 6.45) is 1.69. The maximum atomic E-state index is 12.4. The first-order valence-electron chi connectivity index (χ1n) is 7.88. The normalized spacial score (nSPS) is 28.4. The highest BCUT2D eigenvalue weighted by atomic mass is 16.7. The van der Waals surface area contributed by atoms with Crippen molar-refractivity contribution in [2.75, 3.05) is 27.4 Å². The van der Waals surface area contributed by atoms with Crippen LogP contribution >= 0.6 is 0 Å². The molecule has 0 radical (unpaired) electrons. The molecule has 1 amide bonds. The van der Waals surface area contributed by atoms with Gasteiger partial charge in [-0.3, -0.25) is 14.5 Å². The van der Waals surface area contributed by atoms with Gasteiger partial charge in [-0.15, -0.1) is 0 Å². The van der Waals surface area contributed by atoms with E-state index < -0.39 is 0 Å². The first-order chi connectivity index (χ1) is 10.7. The maximum Gasteiger partial charge on any atom is 0.249 e. The molecule has 1 aromatic carbocycles. The molecule has 0 aromatic heterocycles. The predicted molar refractivity (Wildman–Crippen MR) is 82.9 cm³/mol. The lowest BCUT2D eigenvalue weighted by atomic mass is 9.84. The number of benzene rings is 1. The van der Waals surface area contributed by atoms with Crippen LogP contribution in [0.15, 0.2) is 30.3 Å². The SMILES string of the molecule is CON(C)C(=O)C1CC2COCC(C1)N2Cc1ccccc1. The molecule has 0 aliphatic carbocycles. The summed E-state index contributed by atoms with van der Waals surface area (Å²) in [5, 5.41) is 1.36. The second-order valence-corrected chi connectivity index (χ2v) is 6.19. The van der Waals surface area contributed by atoms with Crippen molar-refractivity contribution in [1.29, 1.82) is 0 Å². The van der Waals surface area contributed by atoms with Crippen molar-refractivity contribution in [3.05, 3.63) is 35.9 Å². The van der Waals surface area contributed by atoms with Gasteiger partial charge < -0.3 is 4.74 Å². The van der Waals surface area contributed by atoms with E-state index in [1.54, 1.807) is 7.05 Å². The van der Waals surface area contributed by atoms with Gasteiger partial charge in [-0.2, -0.15) is 0 Å². The number of fused-ring (bicyclic) bond motifs is 2. The van der Waals surface area contributed by atoms with Crippen LogP contribution in [-0.4, -0.2) is 55.3 Å². The molecule has 2 unspecified atom stereocenters. The van der Waals surface area contributed by atoms with Crippen LogP contribution in [-0.2, 0) is 20.9 Å². The first-order valence-corrected chi connectivity index (χ1v) is 7.88. The number of hydroxylamine groups is 2. The number of hydrogen-bond donors (Lipinski definition) is 0. The van der Waals surface area contributed by atoms with Crippen LogP contribution in [0.5, 0.6) is 0 Å². The first kappa shape index (κ1) is 15.5. The summed E-state index contributed by atoms with van der Waals surface area (Å²) >= 11 is 0. The topological polar surface area (TPSA) is 42.0 Å². The molecule has 1 aromatic rings. The van der Waals surface area contributed by atoms with Gasteiger partial charge in [-0.25, -0.2) is 5.06 Å². The summed E-state index contributed by atoms with van der Waals surface area (Å²) < 4.78 is 5.72. The minimum Gasteiger partial charge on any atom is -0.378 e. The third-order valence-corrected chi connectivity index (χ3v) is 4.81. The molecule has 2 aliphatic heterocycles. The predicted octanol–water partition coefficient (Wildman–Crippen LogP) is 1.69. The van der Waals surface area contributed by atoms with Crippen molar-refractivity contribution >= 4 is 5.91 Å². The van der Waals surface area contributed by atoms with Crippen molar-refractivity contribution in [2.24, 2.45) is 5.92 Å². The highest BCUT2D eigenvalue weighted by Gasteiger charge is 2.42. The quantitative estimate of drug-likeness (QED) is 0.794. The second-order valence-electron chi connectivity index (χ2n) is 6.19. The molecule has 2 atom stereocenters. The molecule has 0 spiro atoms. The van der Waals surface area contributed by atoms with Crippen molar-refractivity contribution in [1.82, 2.24) is 9.96 Å². The Balaban J connectivity index is 1.70. The molecule has 22 heavy (non-hydrogen) atoms. The van der Waals surface area contributed by atoms with E-state index in [4.69, 9.17) is 9.57 Å². The largest absolute Gasteiger partial charge is 0.378 e. The van der Waals surface area contributed by atoms with E-state index in [9.17, 15) is 4.79 Å². The molecular weight excluding hydrogens is 280 g/mol. The molecule has 120 valence electrons. The third-order valence-electron chi connectivity index (χ3n) is 4.81. The molecule has 2 fully saturated rings.